The summed E-state index contributed by atoms with van der Waals surface area (Å²) in [6, 6.07) is 0. The van der Waals surface area contributed by atoms with E-state index < -0.39 is 16.1 Å². The summed E-state index contributed by atoms with van der Waals surface area (Å²) in [4.78, 5) is 10.9. The summed E-state index contributed by atoms with van der Waals surface area (Å²) < 4.78 is 2.71. The number of rotatable bonds is 4. The molecule has 1 atom stereocenters. The van der Waals surface area contributed by atoms with E-state index in [1.807, 2.05) is 12.2 Å². The van der Waals surface area contributed by atoms with Gasteiger partial charge in [0.1, 0.15) is 0 Å². The number of alkyl carbamates (subject to hydrolysis) is 1. The van der Waals surface area contributed by atoms with Crippen molar-refractivity contribution in [2.75, 3.05) is 6.61 Å². The Labute approximate surface area is 97.5 Å². The molecule has 0 spiro atoms. The minimum Gasteiger partial charge on any atom is -0.450 e. The molecule has 2 N–H and O–H groups in total. The van der Waals surface area contributed by atoms with Gasteiger partial charge in [0, 0.05) is 0 Å². The van der Waals surface area contributed by atoms with Gasteiger partial charge in [0.2, 0.25) is 3.79 Å². The van der Waals surface area contributed by atoms with Crippen molar-refractivity contribution in [2.24, 2.45) is 0 Å². The van der Waals surface area contributed by atoms with Gasteiger partial charge in [-0.05, 0) is 6.42 Å². The van der Waals surface area contributed by atoms with Gasteiger partial charge in [-0.25, -0.2) is 4.79 Å². The van der Waals surface area contributed by atoms with Gasteiger partial charge < -0.3 is 9.84 Å². The molecular weight excluding hydrogens is 252 g/mol. The van der Waals surface area contributed by atoms with E-state index >= 15 is 0 Å². The Balaban J connectivity index is 3.72. The van der Waals surface area contributed by atoms with Gasteiger partial charge in [-0.3, -0.25) is 5.32 Å². The molecule has 0 aliphatic rings. The van der Waals surface area contributed by atoms with Crippen LogP contribution in [0.25, 0.3) is 0 Å². The molecule has 1 amide bonds. The predicted molar refractivity (Wildman–Crippen MR) is 55.7 cm³/mol. The lowest BCUT2D eigenvalue weighted by molar-refractivity contribution is 0.0996. The predicted octanol–water partition coefficient (Wildman–Crippen LogP) is 2.20. The lowest BCUT2D eigenvalue weighted by atomic mass is 10.4. The maximum atomic E-state index is 10.9. The Morgan fingerprint density at radius 1 is 1.57 bits per heavy atom. The fourth-order valence-corrected chi connectivity index (χ4v) is 0.708. The second kappa shape index (κ2) is 6.56. The highest BCUT2D eigenvalue weighted by Crippen LogP contribution is 2.28. The second-order valence-electron chi connectivity index (χ2n) is 2.58. The third-order valence-electron chi connectivity index (χ3n) is 1.30. The topological polar surface area (TPSA) is 58.6 Å². The molecule has 0 saturated carbocycles. The van der Waals surface area contributed by atoms with Gasteiger partial charge in [-0.15, -0.1) is 0 Å². The molecule has 0 bridgehead atoms. The van der Waals surface area contributed by atoms with E-state index in [1.165, 1.54) is 0 Å². The number of hydrogen-bond donors (Lipinski definition) is 2. The minimum absolute atomic E-state index is 0.273. The van der Waals surface area contributed by atoms with Crippen molar-refractivity contribution >= 4 is 40.9 Å². The molecule has 0 aliphatic heterocycles. The molecule has 0 fully saturated rings. The molecular formula is C7H12Cl3NO3. The smallest absolute Gasteiger partial charge is 0.409 e. The molecule has 7 heteroatoms. The third-order valence-corrected chi connectivity index (χ3v) is 1.92. The van der Waals surface area contributed by atoms with Crippen molar-refractivity contribution in [2.45, 2.75) is 29.8 Å². The van der Waals surface area contributed by atoms with Crippen LogP contribution in [0, 0.1) is 0 Å². The number of halogens is 3. The Morgan fingerprint density at radius 3 is 2.57 bits per heavy atom. The monoisotopic (exact) mass is 263 g/mol. The van der Waals surface area contributed by atoms with E-state index in [4.69, 9.17) is 39.9 Å². The molecule has 0 radical (unpaired) electrons. The first-order valence-electron chi connectivity index (χ1n) is 4.06. The molecule has 0 aliphatic carbocycles. The highest BCUT2D eigenvalue weighted by molar-refractivity contribution is 6.68. The first-order chi connectivity index (χ1) is 6.38. The summed E-state index contributed by atoms with van der Waals surface area (Å²) in [5, 5.41) is 11.1. The van der Waals surface area contributed by atoms with E-state index in [-0.39, 0.29) is 6.61 Å². The maximum Gasteiger partial charge on any atom is 0.409 e. The first kappa shape index (κ1) is 14.1. The van der Waals surface area contributed by atoms with Crippen molar-refractivity contribution in [1.82, 2.24) is 5.32 Å². The molecule has 14 heavy (non-hydrogen) atoms. The van der Waals surface area contributed by atoms with Crippen LogP contribution in [-0.4, -0.2) is 27.8 Å². The van der Waals surface area contributed by atoms with Gasteiger partial charge in [0.15, 0.2) is 6.23 Å². The van der Waals surface area contributed by atoms with Crippen LogP contribution in [0.4, 0.5) is 4.79 Å². The Bertz CT molecular complexity index is 184. The molecule has 84 valence electrons. The zero-order valence-electron chi connectivity index (χ0n) is 7.60. The summed E-state index contributed by atoms with van der Waals surface area (Å²) in [6.45, 7) is 2.23. The SMILES string of the molecule is CCCCOC(=O)N[C@H](O)C(Cl)(Cl)Cl. The lowest BCUT2D eigenvalue weighted by Crippen LogP contribution is -2.43. The lowest BCUT2D eigenvalue weighted by Gasteiger charge is -2.19. The standard InChI is InChI=1S/C7H12Cl3NO3/c1-2-3-4-14-6(13)11-5(12)7(8,9)10/h5,12H,2-4H2,1H3,(H,11,13)/t5-/m1/s1. The Kier molecular flexibility index (Phi) is 6.61. The number of amides is 1. The van der Waals surface area contributed by atoms with Crippen LogP contribution in [-0.2, 0) is 4.74 Å². The number of aliphatic hydroxyl groups excluding tert-OH is 1. The number of hydrogen-bond acceptors (Lipinski definition) is 3. The van der Waals surface area contributed by atoms with Crippen LogP contribution < -0.4 is 5.32 Å². The number of carbonyl (C=O) groups is 1. The van der Waals surface area contributed by atoms with Gasteiger partial charge in [0.05, 0.1) is 6.61 Å². The van der Waals surface area contributed by atoms with Gasteiger partial charge >= 0.3 is 6.09 Å². The van der Waals surface area contributed by atoms with E-state index in [0.717, 1.165) is 12.8 Å². The zero-order valence-corrected chi connectivity index (χ0v) is 9.86. The molecule has 0 aromatic rings. The molecule has 4 nitrogen and oxygen atoms in total. The minimum atomic E-state index is -1.95. The van der Waals surface area contributed by atoms with Crippen LogP contribution >= 0.6 is 34.8 Å². The van der Waals surface area contributed by atoms with E-state index in [1.54, 1.807) is 0 Å². The number of unbranched alkanes of at least 4 members (excludes halogenated alkanes) is 1. The van der Waals surface area contributed by atoms with Crippen LogP contribution in [0.5, 0.6) is 0 Å². The van der Waals surface area contributed by atoms with E-state index in [9.17, 15) is 4.79 Å². The van der Waals surface area contributed by atoms with Gasteiger partial charge in [0.25, 0.3) is 0 Å². The largest absolute Gasteiger partial charge is 0.450 e. The summed E-state index contributed by atoms with van der Waals surface area (Å²) in [5.74, 6) is 0. The first-order valence-corrected chi connectivity index (χ1v) is 5.19. The Morgan fingerprint density at radius 2 is 2.14 bits per heavy atom. The van der Waals surface area contributed by atoms with Gasteiger partial charge in [-0.1, -0.05) is 48.1 Å². The van der Waals surface area contributed by atoms with Crippen LogP contribution in [0.1, 0.15) is 19.8 Å². The number of alkyl halides is 3. The average molecular weight is 265 g/mol. The normalized spacial score (nSPS) is 13.5. The summed E-state index contributed by atoms with van der Waals surface area (Å²) in [6.07, 6.45) is -0.740. The zero-order chi connectivity index (χ0) is 11.2. The molecule has 0 heterocycles. The van der Waals surface area contributed by atoms with E-state index in [2.05, 4.69) is 4.74 Å². The Hall–Kier alpha value is 0.1000. The molecule has 0 aromatic carbocycles. The summed E-state index contributed by atoms with van der Waals surface area (Å²) >= 11 is 15.9. The summed E-state index contributed by atoms with van der Waals surface area (Å²) in [7, 11) is 0. The number of nitrogens with one attached hydrogen (secondary N) is 1. The van der Waals surface area contributed by atoms with Crippen molar-refractivity contribution in [3.05, 3.63) is 0 Å². The quantitative estimate of drug-likeness (QED) is 0.465. The van der Waals surface area contributed by atoms with Crippen LogP contribution in [0.2, 0.25) is 0 Å². The van der Waals surface area contributed by atoms with Crippen molar-refractivity contribution in [1.29, 1.82) is 0 Å². The van der Waals surface area contributed by atoms with Crippen LogP contribution in [0.3, 0.4) is 0 Å². The molecule has 0 unspecified atom stereocenters. The highest BCUT2D eigenvalue weighted by atomic mass is 35.6. The highest BCUT2D eigenvalue weighted by Gasteiger charge is 2.32. The molecule has 0 rings (SSSR count). The van der Waals surface area contributed by atoms with E-state index in [0.29, 0.717) is 0 Å². The molecule has 0 saturated heterocycles. The molecule has 0 aromatic heterocycles. The number of carbonyl (C=O) groups excluding carboxylic acids is 1. The summed E-state index contributed by atoms with van der Waals surface area (Å²) in [5.41, 5.74) is 0. The average Bonchev–Trinajstić information content (AvgIpc) is 2.03. The second-order valence-corrected chi connectivity index (χ2v) is 4.95. The fourth-order valence-electron chi connectivity index (χ4n) is 0.544. The maximum absolute atomic E-state index is 10.9. The van der Waals surface area contributed by atoms with Gasteiger partial charge in [-0.2, -0.15) is 0 Å². The fraction of sp³-hybridized carbons (Fsp3) is 0.857. The number of aliphatic hydroxyl groups is 1. The number of ether oxygens (including phenoxy) is 1. The van der Waals surface area contributed by atoms with Crippen molar-refractivity contribution < 1.29 is 14.6 Å². The van der Waals surface area contributed by atoms with Crippen molar-refractivity contribution in [3.8, 4) is 0 Å². The third kappa shape index (κ3) is 6.54. The van der Waals surface area contributed by atoms with Crippen molar-refractivity contribution in [3.63, 3.8) is 0 Å². The van der Waals surface area contributed by atoms with Crippen LogP contribution in [0.15, 0.2) is 0 Å².